The van der Waals surface area contributed by atoms with Crippen LogP contribution in [0.4, 0.5) is 5.69 Å². The first-order chi connectivity index (χ1) is 14.0. The Morgan fingerprint density at radius 2 is 1.93 bits per heavy atom. The smallest absolute Gasteiger partial charge is 0.262 e. The molecule has 0 radical (unpaired) electrons. The summed E-state index contributed by atoms with van der Waals surface area (Å²) in [4.78, 5) is 20.6. The fourth-order valence-electron chi connectivity index (χ4n) is 2.89. The topological polar surface area (TPSA) is 118 Å². The maximum Gasteiger partial charge on any atom is 0.262 e. The van der Waals surface area contributed by atoms with Gasteiger partial charge < -0.3 is 5.32 Å². The molecule has 2 N–H and O–H groups in total. The van der Waals surface area contributed by atoms with E-state index in [9.17, 15) is 13.2 Å². The van der Waals surface area contributed by atoms with Gasteiger partial charge in [-0.05, 0) is 48.9 Å². The zero-order valence-electron chi connectivity index (χ0n) is 15.3. The van der Waals surface area contributed by atoms with Gasteiger partial charge in [0.05, 0.1) is 10.6 Å². The lowest BCUT2D eigenvalue weighted by Gasteiger charge is -2.10. The molecule has 2 heterocycles. The molecule has 0 aliphatic carbocycles. The Bertz CT molecular complexity index is 1150. The number of hydrogen-bond acceptors (Lipinski definition) is 6. The highest BCUT2D eigenvalue weighted by Crippen LogP contribution is 2.18. The van der Waals surface area contributed by atoms with Gasteiger partial charge in [-0.15, -0.1) is 0 Å². The quantitative estimate of drug-likeness (QED) is 0.667. The highest BCUT2D eigenvalue weighted by molar-refractivity contribution is 7.90. The number of nitrogens with one attached hydrogen (secondary N) is 2. The Morgan fingerprint density at radius 1 is 1.10 bits per heavy atom. The highest BCUT2D eigenvalue weighted by Gasteiger charge is 2.19. The SMILES string of the molecule is O=C(Nc1cccc(S(=O)(=O)NC2=NCCC2)c1)c1ccc(-n2cncn2)cc1. The molecule has 148 valence electrons. The van der Waals surface area contributed by atoms with E-state index in [2.05, 4.69) is 25.1 Å². The standard InChI is InChI=1S/C19H18N6O3S/c26-19(14-6-8-16(9-7-14)25-13-20-12-22-25)23-15-3-1-4-17(11-15)29(27,28)24-18-5-2-10-21-18/h1,3-4,6-9,11-13H,2,5,10H2,(H,21,24)(H,23,26). The first-order valence-corrected chi connectivity index (χ1v) is 10.4. The lowest BCUT2D eigenvalue weighted by molar-refractivity contribution is 0.102. The number of hydrogen-bond donors (Lipinski definition) is 2. The van der Waals surface area contributed by atoms with Gasteiger partial charge in [-0.3, -0.25) is 14.5 Å². The summed E-state index contributed by atoms with van der Waals surface area (Å²) in [5.41, 5.74) is 1.58. The maximum atomic E-state index is 12.5. The molecule has 0 unspecified atom stereocenters. The van der Waals surface area contributed by atoms with E-state index in [1.807, 2.05) is 0 Å². The summed E-state index contributed by atoms with van der Waals surface area (Å²) in [7, 11) is -3.75. The van der Waals surface area contributed by atoms with E-state index in [0.29, 0.717) is 30.1 Å². The molecule has 0 saturated heterocycles. The Morgan fingerprint density at radius 3 is 2.62 bits per heavy atom. The normalized spacial score (nSPS) is 13.7. The van der Waals surface area contributed by atoms with Crippen molar-refractivity contribution >= 4 is 27.5 Å². The van der Waals surface area contributed by atoms with Gasteiger partial charge in [0.25, 0.3) is 15.9 Å². The van der Waals surface area contributed by atoms with Crippen molar-refractivity contribution < 1.29 is 13.2 Å². The van der Waals surface area contributed by atoms with Crippen LogP contribution in [0.5, 0.6) is 0 Å². The van der Waals surface area contributed by atoms with Gasteiger partial charge in [0.2, 0.25) is 0 Å². The third-order valence-corrected chi connectivity index (χ3v) is 5.72. The zero-order valence-corrected chi connectivity index (χ0v) is 16.1. The minimum absolute atomic E-state index is 0.0615. The fourth-order valence-corrected chi connectivity index (χ4v) is 4.02. The molecule has 1 aromatic heterocycles. The van der Waals surface area contributed by atoms with Gasteiger partial charge in [0.15, 0.2) is 0 Å². The van der Waals surface area contributed by atoms with Crippen LogP contribution in [0.15, 0.2) is 71.1 Å². The van der Waals surface area contributed by atoms with E-state index in [1.54, 1.807) is 47.4 Å². The molecule has 4 rings (SSSR count). The molecule has 29 heavy (non-hydrogen) atoms. The predicted molar refractivity (Wildman–Crippen MR) is 108 cm³/mol. The van der Waals surface area contributed by atoms with Gasteiger partial charge in [-0.2, -0.15) is 5.10 Å². The molecule has 0 bridgehead atoms. The lowest BCUT2D eigenvalue weighted by atomic mass is 10.2. The maximum absolute atomic E-state index is 12.5. The van der Waals surface area contributed by atoms with Gasteiger partial charge in [0, 0.05) is 24.2 Å². The molecular formula is C19H18N6O3S. The Balaban J connectivity index is 1.48. The number of rotatable bonds is 5. The zero-order chi connectivity index (χ0) is 20.3. The number of amidine groups is 1. The number of aromatic nitrogens is 3. The van der Waals surface area contributed by atoms with E-state index >= 15 is 0 Å². The molecule has 1 aliphatic rings. The van der Waals surface area contributed by atoms with Crippen LogP contribution in [0, 0.1) is 0 Å². The van der Waals surface area contributed by atoms with Gasteiger partial charge in [0.1, 0.15) is 18.5 Å². The van der Waals surface area contributed by atoms with Crippen LogP contribution in [-0.4, -0.2) is 41.5 Å². The molecular weight excluding hydrogens is 392 g/mol. The summed E-state index contributed by atoms with van der Waals surface area (Å²) in [5, 5.41) is 6.75. The van der Waals surface area contributed by atoms with E-state index in [-0.39, 0.29) is 10.8 Å². The van der Waals surface area contributed by atoms with Crippen molar-refractivity contribution in [1.29, 1.82) is 0 Å². The number of carbonyl (C=O) groups is 1. The summed E-state index contributed by atoms with van der Waals surface area (Å²) < 4.78 is 29.1. The predicted octanol–water partition coefficient (Wildman–Crippen LogP) is 1.99. The fraction of sp³-hybridized carbons (Fsp3) is 0.158. The number of nitrogens with zero attached hydrogens (tertiary/aromatic N) is 4. The Labute approximate surface area is 167 Å². The molecule has 3 aromatic rings. The number of carbonyl (C=O) groups excluding carboxylic acids is 1. The summed E-state index contributed by atoms with van der Waals surface area (Å²) in [6.45, 7) is 0.629. The van der Waals surface area contributed by atoms with Crippen molar-refractivity contribution in [2.24, 2.45) is 4.99 Å². The number of aliphatic imine (C=N–C) groups is 1. The first-order valence-electron chi connectivity index (χ1n) is 8.94. The third-order valence-electron chi connectivity index (χ3n) is 4.34. The summed E-state index contributed by atoms with van der Waals surface area (Å²) in [6, 6.07) is 12.9. The van der Waals surface area contributed by atoms with Crippen LogP contribution < -0.4 is 10.0 Å². The van der Waals surface area contributed by atoms with E-state index in [4.69, 9.17) is 0 Å². The van der Waals surface area contributed by atoms with Gasteiger partial charge >= 0.3 is 0 Å². The monoisotopic (exact) mass is 410 g/mol. The van der Waals surface area contributed by atoms with E-state index in [0.717, 1.165) is 12.1 Å². The van der Waals surface area contributed by atoms with Gasteiger partial charge in [-0.1, -0.05) is 6.07 Å². The highest BCUT2D eigenvalue weighted by atomic mass is 32.2. The summed E-state index contributed by atoms with van der Waals surface area (Å²) >= 11 is 0. The average molecular weight is 410 g/mol. The lowest BCUT2D eigenvalue weighted by Crippen LogP contribution is -2.29. The molecule has 0 fully saturated rings. The van der Waals surface area contributed by atoms with Crippen molar-refractivity contribution in [2.75, 3.05) is 11.9 Å². The molecule has 10 heteroatoms. The van der Waals surface area contributed by atoms with Crippen LogP contribution in [0.25, 0.3) is 5.69 Å². The molecule has 9 nitrogen and oxygen atoms in total. The average Bonchev–Trinajstić information content (AvgIpc) is 3.42. The first kappa shape index (κ1) is 18.8. The van der Waals surface area contributed by atoms with Crippen molar-refractivity contribution in [3.8, 4) is 5.69 Å². The minimum Gasteiger partial charge on any atom is -0.322 e. The molecule has 1 aliphatic heterocycles. The van der Waals surface area contributed by atoms with Crippen LogP contribution in [-0.2, 0) is 10.0 Å². The minimum atomic E-state index is -3.75. The second-order valence-electron chi connectivity index (χ2n) is 6.41. The third kappa shape index (κ3) is 4.32. The van der Waals surface area contributed by atoms with Crippen LogP contribution >= 0.6 is 0 Å². The summed E-state index contributed by atoms with van der Waals surface area (Å²) in [6.07, 6.45) is 4.44. The molecule has 1 amide bonds. The molecule has 0 spiro atoms. The van der Waals surface area contributed by atoms with Crippen molar-refractivity contribution in [1.82, 2.24) is 19.5 Å². The second kappa shape index (κ2) is 7.84. The van der Waals surface area contributed by atoms with Crippen molar-refractivity contribution in [3.05, 3.63) is 66.7 Å². The van der Waals surface area contributed by atoms with E-state index < -0.39 is 10.0 Å². The Kier molecular flexibility index (Phi) is 5.09. The number of amides is 1. The molecule has 0 saturated carbocycles. The van der Waals surface area contributed by atoms with Crippen LogP contribution in [0.3, 0.4) is 0 Å². The number of anilines is 1. The van der Waals surface area contributed by atoms with Crippen LogP contribution in [0.2, 0.25) is 0 Å². The summed E-state index contributed by atoms with van der Waals surface area (Å²) in [5.74, 6) is 0.115. The largest absolute Gasteiger partial charge is 0.322 e. The van der Waals surface area contributed by atoms with Crippen LogP contribution in [0.1, 0.15) is 23.2 Å². The number of sulfonamides is 1. The van der Waals surface area contributed by atoms with E-state index in [1.165, 1.54) is 18.5 Å². The number of benzene rings is 2. The van der Waals surface area contributed by atoms with Crippen molar-refractivity contribution in [3.63, 3.8) is 0 Å². The van der Waals surface area contributed by atoms with Gasteiger partial charge in [-0.25, -0.2) is 18.1 Å². The molecule has 2 aromatic carbocycles. The second-order valence-corrected chi connectivity index (χ2v) is 8.09. The van der Waals surface area contributed by atoms with Crippen molar-refractivity contribution in [2.45, 2.75) is 17.7 Å². The molecule has 0 atom stereocenters. The Hall–Kier alpha value is -3.53.